The van der Waals surface area contributed by atoms with Gasteiger partial charge in [-0.05, 0) is 63.2 Å². The molecule has 168 valence electrons. The van der Waals surface area contributed by atoms with E-state index in [2.05, 4.69) is 39.0 Å². The molecule has 0 atom stereocenters. The van der Waals surface area contributed by atoms with Crippen LogP contribution < -0.4 is 9.80 Å². The Bertz CT molecular complexity index is 1000. The average Bonchev–Trinajstić information content (AvgIpc) is 3.64. The Labute approximate surface area is 190 Å². The summed E-state index contributed by atoms with van der Waals surface area (Å²) in [7, 11) is 0. The van der Waals surface area contributed by atoms with Gasteiger partial charge >= 0.3 is 0 Å². The molecule has 4 aliphatic rings. The van der Waals surface area contributed by atoms with Gasteiger partial charge in [-0.3, -0.25) is 9.78 Å². The van der Waals surface area contributed by atoms with Crippen molar-refractivity contribution < 1.29 is 4.79 Å². The van der Waals surface area contributed by atoms with Crippen LogP contribution in [0.3, 0.4) is 0 Å². The van der Waals surface area contributed by atoms with Crippen LogP contribution in [0.5, 0.6) is 0 Å². The van der Waals surface area contributed by atoms with Gasteiger partial charge in [-0.25, -0.2) is 4.98 Å². The molecule has 1 spiro atoms. The highest BCUT2D eigenvalue weighted by Gasteiger charge is 2.46. The second kappa shape index (κ2) is 7.84. The average molecular weight is 432 g/mol. The first-order valence-corrected chi connectivity index (χ1v) is 12.3. The number of carbonyl (C=O) groups excluding carboxylic acids is 1. The molecular formula is C26H33N5O. The van der Waals surface area contributed by atoms with Gasteiger partial charge in [0.05, 0.1) is 11.9 Å². The predicted octanol–water partition coefficient (Wildman–Crippen LogP) is 3.72. The van der Waals surface area contributed by atoms with Crippen LogP contribution in [0.1, 0.15) is 62.6 Å². The number of hydrogen-bond acceptors (Lipinski definition) is 5. The lowest BCUT2D eigenvalue weighted by Crippen LogP contribution is -2.52. The van der Waals surface area contributed by atoms with E-state index in [0.717, 1.165) is 57.1 Å². The summed E-state index contributed by atoms with van der Waals surface area (Å²) < 4.78 is 0. The lowest BCUT2D eigenvalue weighted by Gasteiger charge is -2.45. The monoisotopic (exact) mass is 431 g/mol. The van der Waals surface area contributed by atoms with E-state index in [-0.39, 0.29) is 11.3 Å². The van der Waals surface area contributed by atoms with Crippen molar-refractivity contribution in [2.45, 2.75) is 62.8 Å². The molecular weight excluding hydrogens is 398 g/mol. The minimum Gasteiger partial charge on any atom is -0.355 e. The normalized spacial score (nSPS) is 23.5. The van der Waals surface area contributed by atoms with Crippen molar-refractivity contribution in [3.8, 4) is 0 Å². The zero-order valence-electron chi connectivity index (χ0n) is 19.0. The first kappa shape index (κ1) is 20.2. The lowest BCUT2D eigenvalue weighted by molar-refractivity contribution is -0.116. The number of likely N-dealkylation sites (tertiary alicyclic amines) is 1. The second-order valence-electron chi connectivity index (χ2n) is 10.2. The molecule has 1 aliphatic carbocycles. The van der Waals surface area contributed by atoms with E-state index in [1.54, 1.807) is 6.92 Å². The van der Waals surface area contributed by atoms with Crippen molar-refractivity contribution in [1.82, 2.24) is 14.9 Å². The summed E-state index contributed by atoms with van der Waals surface area (Å²) in [6, 6.07) is 9.22. The Morgan fingerprint density at radius 3 is 2.47 bits per heavy atom. The Morgan fingerprint density at radius 1 is 1.00 bits per heavy atom. The van der Waals surface area contributed by atoms with Gasteiger partial charge in [-0.2, -0.15) is 0 Å². The molecule has 6 heteroatoms. The first-order chi connectivity index (χ1) is 15.6. The first-order valence-electron chi connectivity index (χ1n) is 12.3. The van der Waals surface area contributed by atoms with Crippen molar-refractivity contribution in [3.05, 3.63) is 47.9 Å². The maximum atomic E-state index is 12.3. The number of nitrogens with zero attached hydrogens (tertiary/aromatic N) is 5. The van der Waals surface area contributed by atoms with Crippen LogP contribution in [-0.2, 0) is 10.2 Å². The molecule has 2 saturated heterocycles. The number of aromatic nitrogens is 2. The fourth-order valence-corrected chi connectivity index (χ4v) is 6.21. The molecule has 1 aromatic carbocycles. The van der Waals surface area contributed by atoms with Crippen molar-refractivity contribution >= 4 is 17.4 Å². The van der Waals surface area contributed by atoms with Gasteiger partial charge in [0.15, 0.2) is 0 Å². The highest BCUT2D eigenvalue weighted by molar-refractivity contribution is 5.94. The van der Waals surface area contributed by atoms with Gasteiger partial charge in [0.2, 0.25) is 5.91 Å². The number of piperidine rings is 2. The zero-order chi connectivity index (χ0) is 21.7. The third kappa shape index (κ3) is 3.49. The Balaban J connectivity index is 1.09. The number of hydrogen-bond donors (Lipinski definition) is 0. The standard InChI is InChI=1S/C26H33N5O/c1-19(32)31-18-26(22-4-2-3-5-24(22)31)10-14-29(15-11-26)21-8-12-30(13-9-21)25-17-27-16-23(28-25)20-6-7-20/h2-5,16-17,20-21H,6-15,18H2,1H3. The van der Waals surface area contributed by atoms with E-state index in [4.69, 9.17) is 4.98 Å². The summed E-state index contributed by atoms with van der Waals surface area (Å²) in [6.45, 7) is 6.93. The molecule has 0 radical (unpaired) electrons. The molecule has 1 saturated carbocycles. The molecule has 32 heavy (non-hydrogen) atoms. The SMILES string of the molecule is CC(=O)N1CC2(CCN(C3CCN(c4cncc(C5CC5)n4)CC3)CC2)c2ccccc21. The molecule has 1 amide bonds. The van der Waals surface area contributed by atoms with Gasteiger partial charge in [-0.1, -0.05) is 18.2 Å². The highest BCUT2D eigenvalue weighted by Crippen LogP contribution is 2.47. The van der Waals surface area contributed by atoms with Crippen molar-refractivity contribution in [2.75, 3.05) is 42.5 Å². The summed E-state index contributed by atoms with van der Waals surface area (Å²) in [5.41, 5.74) is 3.84. The van der Waals surface area contributed by atoms with E-state index in [0.29, 0.717) is 12.0 Å². The van der Waals surface area contributed by atoms with Crippen LogP contribution in [0.25, 0.3) is 0 Å². The third-order valence-corrected chi connectivity index (χ3v) is 8.30. The number of benzene rings is 1. The van der Waals surface area contributed by atoms with E-state index in [1.165, 1.54) is 36.9 Å². The largest absolute Gasteiger partial charge is 0.355 e. The van der Waals surface area contributed by atoms with Crippen LogP contribution in [0.4, 0.5) is 11.5 Å². The molecule has 6 rings (SSSR count). The van der Waals surface area contributed by atoms with Crippen LogP contribution in [0.15, 0.2) is 36.7 Å². The summed E-state index contributed by atoms with van der Waals surface area (Å²) in [5, 5.41) is 0. The molecule has 6 nitrogen and oxygen atoms in total. The number of amides is 1. The van der Waals surface area contributed by atoms with Crippen molar-refractivity contribution in [2.24, 2.45) is 0 Å². The maximum absolute atomic E-state index is 12.3. The maximum Gasteiger partial charge on any atom is 0.223 e. The van der Waals surface area contributed by atoms with Crippen LogP contribution in [0, 0.1) is 0 Å². The molecule has 2 aromatic rings. The van der Waals surface area contributed by atoms with Crippen molar-refractivity contribution in [3.63, 3.8) is 0 Å². The number of carbonyl (C=O) groups is 1. The molecule has 3 aliphatic heterocycles. The third-order valence-electron chi connectivity index (χ3n) is 8.30. The summed E-state index contributed by atoms with van der Waals surface area (Å²) >= 11 is 0. The van der Waals surface area contributed by atoms with E-state index in [9.17, 15) is 4.79 Å². The fraction of sp³-hybridized carbons (Fsp3) is 0.577. The fourth-order valence-electron chi connectivity index (χ4n) is 6.21. The Kier molecular flexibility index (Phi) is 4.94. The highest BCUT2D eigenvalue weighted by atomic mass is 16.2. The zero-order valence-corrected chi connectivity index (χ0v) is 19.0. The van der Waals surface area contributed by atoms with Gasteiger partial charge in [0.25, 0.3) is 0 Å². The quantitative estimate of drug-likeness (QED) is 0.741. The van der Waals surface area contributed by atoms with Crippen LogP contribution in [-0.4, -0.2) is 59.5 Å². The summed E-state index contributed by atoms with van der Waals surface area (Å²) in [5.74, 6) is 1.88. The van der Waals surface area contributed by atoms with Gasteiger partial charge in [-0.15, -0.1) is 0 Å². The van der Waals surface area contributed by atoms with E-state index < -0.39 is 0 Å². The molecule has 4 heterocycles. The predicted molar refractivity (Wildman–Crippen MR) is 126 cm³/mol. The minimum absolute atomic E-state index is 0.137. The lowest BCUT2D eigenvalue weighted by atomic mass is 9.74. The second-order valence-corrected chi connectivity index (χ2v) is 10.2. The molecule has 1 aromatic heterocycles. The van der Waals surface area contributed by atoms with Crippen molar-refractivity contribution in [1.29, 1.82) is 0 Å². The minimum atomic E-state index is 0.137. The smallest absolute Gasteiger partial charge is 0.223 e. The van der Waals surface area contributed by atoms with Gasteiger partial charge in [0.1, 0.15) is 5.82 Å². The summed E-state index contributed by atoms with van der Waals surface area (Å²) in [4.78, 5) is 28.8. The molecule has 0 bridgehead atoms. The number of para-hydroxylation sites is 1. The Morgan fingerprint density at radius 2 is 1.75 bits per heavy atom. The van der Waals surface area contributed by atoms with E-state index >= 15 is 0 Å². The van der Waals surface area contributed by atoms with Gasteiger partial charge < -0.3 is 14.7 Å². The Hall–Kier alpha value is -2.47. The van der Waals surface area contributed by atoms with Gasteiger partial charge in [0, 0.05) is 55.8 Å². The number of anilines is 2. The van der Waals surface area contributed by atoms with E-state index in [1.807, 2.05) is 17.3 Å². The molecule has 0 unspecified atom stereocenters. The topological polar surface area (TPSA) is 52.6 Å². The molecule has 0 N–H and O–H groups in total. The van der Waals surface area contributed by atoms with Crippen LogP contribution >= 0.6 is 0 Å². The summed E-state index contributed by atoms with van der Waals surface area (Å²) in [6.07, 6.45) is 11.1. The number of fused-ring (bicyclic) bond motifs is 2. The number of rotatable bonds is 3. The molecule has 3 fully saturated rings. The van der Waals surface area contributed by atoms with Crippen LogP contribution in [0.2, 0.25) is 0 Å².